The number of benzene rings is 1. The van der Waals surface area contributed by atoms with E-state index in [4.69, 9.17) is 5.21 Å². The third kappa shape index (κ3) is 1.58. The van der Waals surface area contributed by atoms with Crippen LogP contribution >= 0.6 is 0 Å². The molecule has 1 aromatic rings. The fourth-order valence-corrected chi connectivity index (χ4v) is 6.05. The predicted octanol–water partition coefficient (Wildman–Crippen LogP) is 3.28. The molecule has 0 unspecified atom stereocenters. The molecule has 0 saturated heterocycles. The maximum absolute atomic E-state index is 11.8. The highest BCUT2D eigenvalue weighted by molar-refractivity contribution is 6.53. The summed E-state index contributed by atoms with van der Waals surface area (Å²) in [6.07, 6.45) is 8.16. The average molecular weight is 296 g/mol. The van der Waals surface area contributed by atoms with Gasteiger partial charge in [0.15, 0.2) is 5.71 Å². The second-order valence-corrected chi connectivity index (χ2v) is 7.86. The van der Waals surface area contributed by atoms with E-state index in [9.17, 15) is 4.79 Å². The lowest BCUT2D eigenvalue weighted by molar-refractivity contribution is -0.110. The van der Waals surface area contributed by atoms with Crippen LogP contribution in [-0.4, -0.2) is 16.8 Å². The van der Waals surface area contributed by atoms with Crippen molar-refractivity contribution in [1.82, 2.24) is 0 Å². The van der Waals surface area contributed by atoms with E-state index in [2.05, 4.69) is 22.6 Å². The summed E-state index contributed by atoms with van der Waals surface area (Å²) in [5.74, 6) is 2.38. The first-order chi connectivity index (χ1) is 10.7. The number of nitrogens with one attached hydrogen (secondary N) is 1. The summed E-state index contributed by atoms with van der Waals surface area (Å²) in [5, 5.41) is 15.1. The SMILES string of the molecule is O=C1Nc2ccc(C34CC5CC(CC(C5)C3)C4)cc2/C1=N/O. The van der Waals surface area contributed by atoms with E-state index in [0.29, 0.717) is 5.41 Å². The molecule has 22 heavy (non-hydrogen) atoms. The number of hydrogen-bond donors (Lipinski definition) is 2. The van der Waals surface area contributed by atoms with Gasteiger partial charge in [0, 0.05) is 5.56 Å². The van der Waals surface area contributed by atoms with Crippen molar-refractivity contribution < 1.29 is 10.0 Å². The van der Waals surface area contributed by atoms with Gasteiger partial charge in [0.1, 0.15) is 0 Å². The Bertz CT molecular complexity index is 672. The van der Waals surface area contributed by atoms with Gasteiger partial charge in [0.25, 0.3) is 5.91 Å². The highest BCUT2D eigenvalue weighted by atomic mass is 16.4. The number of oxime groups is 1. The Balaban J connectivity index is 1.60. The molecule has 4 aliphatic carbocycles. The van der Waals surface area contributed by atoms with E-state index in [1.165, 1.54) is 44.1 Å². The Morgan fingerprint density at radius 1 is 1.09 bits per heavy atom. The molecule has 0 atom stereocenters. The first-order valence-electron chi connectivity index (χ1n) is 8.35. The van der Waals surface area contributed by atoms with E-state index >= 15 is 0 Å². The van der Waals surface area contributed by atoms with Crippen LogP contribution in [-0.2, 0) is 10.2 Å². The van der Waals surface area contributed by atoms with Crippen LogP contribution in [0.2, 0.25) is 0 Å². The van der Waals surface area contributed by atoms with Gasteiger partial charge in [-0.05, 0) is 79.4 Å². The van der Waals surface area contributed by atoms with Crippen LogP contribution in [0.4, 0.5) is 5.69 Å². The Hall–Kier alpha value is -1.84. The number of carbonyl (C=O) groups is 1. The summed E-state index contributed by atoms with van der Waals surface area (Å²) in [7, 11) is 0. The topological polar surface area (TPSA) is 61.7 Å². The molecule has 4 nitrogen and oxygen atoms in total. The van der Waals surface area contributed by atoms with Gasteiger partial charge in [-0.15, -0.1) is 0 Å². The van der Waals surface area contributed by atoms with E-state index in [1.54, 1.807) is 0 Å². The molecule has 4 bridgehead atoms. The lowest BCUT2D eigenvalue weighted by atomic mass is 9.48. The molecule has 4 saturated carbocycles. The third-order valence-electron chi connectivity index (χ3n) is 6.49. The highest BCUT2D eigenvalue weighted by Gasteiger charge is 2.51. The smallest absolute Gasteiger partial charge is 0.278 e. The highest BCUT2D eigenvalue weighted by Crippen LogP contribution is 2.60. The number of hydrogen-bond acceptors (Lipinski definition) is 3. The number of nitrogens with zero attached hydrogens (tertiary/aromatic N) is 1. The summed E-state index contributed by atoms with van der Waals surface area (Å²) < 4.78 is 0. The van der Waals surface area contributed by atoms with E-state index in [0.717, 1.165) is 29.0 Å². The number of rotatable bonds is 1. The van der Waals surface area contributed by atoms with Gasteiger partial charge in [-0.25, -0.2) is 0 Å². The molecule has 1 amide bonds. The summed E-state index contributed by atoms with van der Waals surface area (Å²) in [4.78, 5) is 11.8. The van der Waals surface area contributed by atoms with Crippen molar-refractivity contribution in [2.24, 2.45) is 22.9 Å². The van der Waals surface area contributed by atoms with Crippen LogP contribution in [0.3, 0.4) is 0 Å². The molecular formula is C18H20N2O2. The molecule has 0 aromatic heterocycles. The van der Waals surface area contributed by atoms with Gasteiger partial charge >= 0.3 is 0 Å². The van der Waals surface area contributed by atoms with Gasteiger partial charge in [-0.2, -0.15) is 0 Å². The molecule has 5 aliphatic rings. The Morgan fingerprint density at radius 3 is 2.32 bits per heavy atom. The zero-order valence-electron chi connectivity index (χ0n) is 12.5. The van der Waals surface area contributed by atoms with Crippen molar-refractivity contribution in [3.63, 3.8) is 0 Å². The largest absolute Gasteiger partial charge is 0.410 e. The number of amides is 1. The molecule has 0 radical (unpaired) electrons. The fraction of sp³-hybridized carbons (Fsp3) is 0.556. The van der Waals surface area contributed by atoms with E-state index in [-0.39, 0.29) is 11.6 Å². The molecular weight excluding hydrogens is 276 g/mol. The van der Waals surface area contributed by atoms with Crippen molar-refractivity contribution >= 4 is 17.3 Å². The maximum atomic E-state index is 11.8. The zero-order chi connectivity index (χ0) is 14.9. The van der Waals surface area contributed by atoms with Crippen molar-refractivity contribution in [3.8, 4) is 0 Å². The molecule has 0 spiro atoms. The van der Waals surface area contributed by atoms with Gasteiger partial charge in [0.2, 0.25) is 0 Å². The molecule has 4 fully saturated rings. The molecule has 1 aromatic carbocycles. The predicted molar refractivity (Wildman–Crippen MR) is 83.2 cm³/mol. The summed E-state index contributed by atoms with van der Waals surface area (Å²) >= 11 is 0. The van der Waals surface area contributed by atoms with Crippen LogP contribution in [0, 0.1) is 17.8 Å². The molecule has 114 valence electrons. The lowest BCUT2D eigenvalue weighted by Crippen LogP contribution is -2.48. The van der Waals surface area contributed by atoms with Crippen LogP contribution in [0.1, 0.15) is 49.7 Å². The minimum atomic E-state index is -0.305. The summed E-state index contributed by atoms with van der Waals surface area (Å²) in [6, 6.07) is 6.28. The Labute approximate surface area is 129 Å². The second-order valence-electron chi connectivity index (χ2n) is 7.86. The molecule has 1 aliphatic heterocycles. The van der Waals surface area contributed by atoms with Crippen LogP contribution in [0.15, 0.2) is 23.4 Å². The number of fused-ring (bicyclic) bond motifs is 1. The standard InChI is InChI=1S/C18H20N2O2/c21-17-16(20-22)14-6-13(1-2-15(14)19-17)18-7-10-3-11(8-18)5-12(4-10)9-18/h1-2,6,10-12,22H,3-5,7-9H2,(H,19,20,21). The molecule has 6 rings (SSSR count). The molecule has 2 N–H and O–H groups in total. The molecule has 4 heteroatoms. The number of carbonyl (C=O) groups excluding carboxylic acids is 1. The quantitative estimate of drug-likeness (QED) is 0.617. The van der Waals surface area contributed by atoms with Crippen LogP contribution < -0.4 is 5.32 Å². The maximum Gasteiger partial charge on any atom is 0.278 e. The van der Waals surface area contributed by atoms with Crippen LogP contribution in [0.25, 0.3) is 0 Å². The third-order valence-corrected chi connectivity index (χ3v) is 6.49. The van der Waals surface area contributed by atoms with Gasteiger partial charge in [0.05, 0.1) is 5.69 Å². The minimum absolute atomic E-state index is 0.154. The van der Waals surface area contributed by atoms with Crippen molar-refractivity contribution in [2.75, 3.05) is 5.32 Å². The van der Waals surface area contributed by atoms with E-state index in [1.807, 2.05) is 6.07 Å². The summed E-state index contributed by atoms with van der Waals surface area (Å²) in [6.45, 7) is 0. The Morgan fingerprint density at radius 2 is 1.73 bits per heavy atom. The normalized spacial score (nSPS) is 40.1. The van der Waals surface area contributed by atoms with Gasteiger partial charge in [-0.3, -0.25) is 4.79 Å². The first-order valence-corrected chi connectivity index (χ1v) is 8.35. The fourth-order valence-electron chi connectivity index (χ4n) is 6.05. The minimum Gasteiger partial charge on any atom is -0.410 e. The average Bonchev–Trinajstić information content (AvgIpc) is 2.80. The molecule has 1 heterocycles. The van der Waals surface area contributed by atoms with Crippen molar-refractivity contribution in [2.45, 2.75) is 43.9 Å². The number of anilines is 1. The Kier molecular flexibility index (Phi) is 2.37. The first kappa shape index (κ1) is 12.7. The lowest BCUT2D eigenvalue weighted by Gasteiger charge is -2.57. The van der Waals surface area contributed by atoms with Crippen molar-refractivity contribution in [1.29, 1.82) is 0 Å². The van der Waals surface area contributed by atoms with Gasteiger partial charge in [-0.1, -0.05) is 11.2 Å². The summed E-state index contributed by atoms with van der Waals surface area (Å²) in [5.41, 5.74) is 3.34. The van der Waals surface area contributed by atoms with Crippen molar-refractivity contribution in [3.05, 3.63) is 29.3 Å². The second kappa shape index (κ2) is 4.12. The monoisotopic (exact) mass is 296 g/mol. The van der Waals surface area contributed by atoms with Crippen LogP contribution in [0.5, 0.6) is 0 Å². The van der Waals surface area contributed by atoms with E-state index < -0.39 is 0 Å². The van der Waals surface area contributed by atoms with Gasteiger partial charge < -0.3 is 10.5 Å². The zero-order valence-corrected chi connectivity index (χ0v) is 12.5.